The van der Waals surface area contributed by atoms with Crippen LogP contribution in [-0.4, -0.2) is 62.8 Å². The van der Waals surface area contributed by atoms with Crippen molar-refractivity contribution in [2.24, 2.45) is 18.7 Å². The van der Waals surface area contributed by atoms with Gasteiger partial charge in [-0.25, -0.2) is 9.37 Å². The Morgan fingerprint density at radius 3 is 2.80 bits per heavy atom. The first-order valence-corrected chi connectivity index (χ1v) is 12.1. The molecule has 182 valence electrons. The molecule has 1 atom stereocenters. The van der Waals surface area contributed by atoms with Gasteiger partial charge in [-0.15, -0.1) is 0 Å². The Morgan fingerprint density at radius 1 is 1.23 bits per heavy atom. The van der Waals surface area contributed by atoms with E-state index in [1.165, 1.54) is 12.8 Å². The van der Waals surface area contributed by atoms with E-state index >= 15 is 0 Å². The number of alkyl halides is 1. The number of pyridine rings is 1. The average Bonchev–Trinajstić information content (AvgIpc) is 3.55. The number of hydrogen-bond donors (Lipinski definition) is 1. The van der Waals surface area contributed by atoms with Crippen molar-refractivity contribution in [3.05, 3.63) is 41.5 Å². The van der Waals surface area contributed by atoms with Crippen LogP contribution < -0.4 is 10.5 Å². The second kappa shape index (κ2) is 8.34. The minimum absolute atomic E-state index is 0.108. The smallest absolute Gasteiger partial charge is 0.254 e. The van der Waals surface area contributed by atoms with Crippen LogP contribution in [0.2, 0.25) is 0 Å². The molecule has 4 aromatic rings. The van der Waals surface area contributed by atoms with Crippen LogP contribution in [0.1, 0.15) is 28.8 Å². The van der Waals surface area contributed by atoms with Gasteiger partial charge in [0.25, 0.3) is 5.91 Å². The van der Waals surface area contributed by atoms with Crippen molar-refractivity contribution in [3.8, 4) is 17.4 Å². The maximum Gasteiger partial charge on any atom is 0.254 e. The number of nitrogens with zero attached hydrogens (tertiary/aromatic N) is 5. The molecule has 8 nitrogen and oxygen atoms in total. The van der Waals surface area contributed by atoms with Crippen molar-refractivity contribution in [2.75, 3.05) is 26.9 Å². The third kappa shape index (κ3) is 3.74. The maximum absolute atomic E-state index is 13.1. The molecule has 1 amide bonds. The second-order valence-electron chi connectivity index (χ2n) is 9.76. The van der Waals surface area contributed by atoms with Gasteiger partial charge in [0.05, 0.1) is 29.9 Å². The Labute approximate surface area is 202 Å². The van der Waals surface area contributed by atoms with Gasteiger partial charge < -0.3 is 24.5 Å². The number of carbonyl (C=O) groups excluding carboxylic acids is 1. The monoisotopic (exact) mass is 476 g/mol. The Hall–Kier alpha value is -3.46. The van der Waals surface area contributed by atoms with E-state index in [0.29, 0.717) is 30.3 Å². The second-order valence-corrected chi connectivity index (χ2v) is 9.76. The molecule has 6 rings (SSSR count). The molecule has 2 aliphatic rings. The van der Waals surface area contributed by atoms with Gasteiger partial charge in [-0.05, 0) is 55.0 Å². The van der Waals surface area contributed by atoms with E-state index < -0.39 is 12.7 Å². The molecule has 9 heteroatoms. The van der Waals surface area contributed by atoms with Crippen molar-refractivity contribution in [1.82, 2.24) is 24.0 Å². The van der Waals surface area contributed by atoms with E-state index in [0.717, 1.165) is 45.7 Å². The van der Waals surface area contributed by atoms with Gasteiger partial charge >= 0.3 is 0 Å². The van der Waals surface area contributed by atoms with Crippen LogP contribution in [0.4, 0.5) is 4.39 Å². The molecule has 0 saturated heterocycles. The fraction of sp³-hybridized carbons (Fsp3) is 0.423. The van der Waals surface area contributed by atoms with E-state index in [1.807, 2.05) is 25.2 Å². The zero-order valence-electron chi connectivity index (χ0n) is 20.0. The molecular weight excluding hydrogens is 447 g/mol. The Kier molecular flexibility index (Phi) is 5.25. The third-order valence-electron chi connectivity index (χ3n) is 7.22. The van der Waals surface area contributed by atoms with Crippen LogP contribution in [0, 0.1) is 5.92 Å². The lowest BCUT2D eigenvalue weighted by molar-refractivity contribution is 0.0725. The summed E-state index contributed by atoms with van der Waals surface area (Å²) < 4.78 is 22.7. The normalized spacial score (nSPS) is 16.8. The number of aromatic nitrogens is 4. The number of fused-ring (bicyclic) bond motifs is 3. The number of methoxy groups -OCH3 is 1. The summed E-state index contributed by atoms with van der Waals surface area (Å²) >= 11 is 0. The lowest BCUT2D eigenvalue weighted by atomic mass is 9.97. The molecule has 1 aliphatic carbocycles. The van der Waals surface area contributed by atoms with Gasteiger partial charge in [-0.2, -0.15) is 4.98 Å². The number of halogens is 1. The average molecular weight is 477 g/mol. The van der Waals surface area contributed by atoms with Gasteiger partial charge in [-0.3, -0.25) is 4.79 Å². The van der Waals surface area contributed by atoms with Crippen LogP contribution in [0.25, 0.3) is 33.6 Å². The third-order valence-corrected chi connectivity index (χ3v) is 7.22. The van der Waals surface area contributed by atoms with E-state index in [9.17, 15) is 9.18 Å². The van der Waals surface area contributed by atoms with E-state index in [-0.39, 0.29) is 12.5 Å². The molecule has 1 unspecified atom stereocenters. The number of ether oxygens (including phenoxy) is 1. The molecule has 1 saturated carbocycles. The lowest BCUT2D eigenvalue weighted by Gasteiger charge is -2.30. The van der Waals surface area contributed by atoms with Crippen molar-refractivity contribution in [1.29, 1.82) is 0 Å². The fourth-order valence-corrected chi connectivity index (χ4v) is 5.10. The number of amides is 1. The highest BCUT2D eigenvalue weighted by atomic mass is 19.1. The van der Waals surface area contributed by atoms with Gasteiger partial charge in [0, 0.05) is 43.7 Å². The number of nitrogens with two attached hydrogens (primary N) is 1. The summed E-state index contributed by atoms with van der Waals surface area (Å²) in [5.41, 5.74) is 11.0. The zero-order chi connectivity index (χ0) is 24.3. The number of hydrogen-bond acceptors (Lipinski definition) is 5. The van der Waals surface area contributed by atoms with Crippen LogP contribution >= 0.6 is 0 Å². The summed E-state index contributed by atoms with van der Waals surface area (Å²) in [6.07, 6.45) is 3.16. The van der Waals surface area contributed by atoms with Crippen molar-refractivity contribution in [3.63, 3.8) is 0 Å². The standard InChI is InChI=1S/C26H29FN6O2/c1-31-21-9-16-7-8-32(14-18(28)12-27)26(34)19(16)11-20(21)29-25(31)22-10-17-5-6-23(35-2)30-24(17)33(22)13-15-3-4-15/h5-6,9-11,15,18H,3-4,7-8,12-14,28H2,1-2H3. The van der Waals surface area contributed by atoms with Crippen LogP contribution in [0.5, 0.6) is 5.88 Å². The Balaban J connectivity index is 1.45. The van der Waals surface area contributed by atoms with Crippen molar-refractivity contribution >= 4 is 28.0 Å². The molecule has 0 bridgehead atoms. The van der Waals surface area contributed by atoms with Crippen LogP contribution in [-0.2, 0) is 20.0 Å². The molecular formula is C26H29FN6O2. The Morgan fingerprint density at radius 2 is 2.06 bits per heavy atom. The quantitative estimate of drug-likeness (QED) is 0.442. The molecule has 0 spiro atoms. The molecule has 0 radical (unpaired) electrons. The molecule has 4 heterocycles. The van der Waals surface area contributed by atoms with Gasteiger partial charge in [-0.1, -0.05) is 0 Å². The number of imidazole rings is 1. The predicted octanol–water partition coefficient (Wildman–Crippen LogP) is 3.30. The highest BCUT2D eigenvalue weighted by Gasteiger charge is 2.29. The van der Waals surface area contributed by atoms with E-state index in [2.05, 4.69) is 21.3 Å². The number of benzene rings is 1. The van der Waals surface area contributed by atoms with Crippen molar-refractivity contribution < 1.29 is 13.9 Å². The van der Waals surface area contributed by atoms with E-state index in [4.69, 9.17) is 20.4 Å². The highest BCUT2D eigenvalue weighted by Crippen LogP contribution is 2.37. The molecule has 2 N–H and O–H groups in total. The van der Waals surface area contributed by atoms with Gasteiger partial charge in [0.1, 0.15) is 12.3 Å². The number of rotatable bonds is 7. The summed E-state index contributed by atoms with van der Waals surface area (Å²) in [6.45, 7) is 1.01. The topological polar surface area (TPSA) is 91.2 Å². The summed E-state index contributed by atoms with van der Waals surface area (Å²) in [6, 6.07) is 9.33. The largest absolute Gasteiger partial charge is 0.481 e. The first-order valence-electron chi connectivity index (χ1n) is 12.1. The van der Waals surface area contributed by atoms with Crippen LogP contribution in [0.3, 0.4) is 0 Å². The van der Waals surface area contributed by atoms with Gasteiger partial charge in [0.15, 0.2) is 5.82 Å². The Bertz CT molecular complexity index is 1450. The minimum Gasteiger partial charge on any atom is -0.481 e. The maximum atomic E-state index is 13.1. The van der Waals surface area contributed by atoms with Gasteiger partial charge in [0.2, 0.25) is 5.88 Å². The lowest BCUT2D eigenvalue weighted by Crippen LogP contribution is -2.45. The van der Waals surface area contributed by atoms with Crippen molar-refractivity contribution in [2.45, 2.75) is 31.8 Å². The fourth-order valence-electron chi connectivity index (χ4n) is 5.10. The summed E-state index contributed by atoms with van der Waals surface area (Å²) in [5.74, 6) is 1.97. The summed E-state index contributed by atoms with van der Waals surface area (Å²) in [4.78, 5) is 24.5. The SMILES string of the molecule is COc1ccc2cc(-c3nc4cc5c(cc4n3C)CCN(CC(N)CF)C5=O)n(CC3CC3)c2n1. The zero-order valence-corrected chi connectivity index (χ0v) is 20.0. The molecule has 1 aromatic carbocycles. The van der Waals surface area contributed by atoms with Crippen LogP contribution in [0.15, 0.2) is 30.3 Å². The molecule has 3 aromatic heterocycles. The summed E-state index contributed by atoms with van der Waals surface area (Å²) in [7, 11) is 3.64. The molecule has 1 fully saturated rings. The first kappa shape index (κ1) is 22.0. The predicted molar refractivity (Wildman–Crippen MR) is 132 cm³/mol. The molecule has 1 aliphatic heterocycles. The molecule has 35 heavy (non-hydrogen) atoms. The number of carbonyl (C=O) groups is 1. The number of aryl methyl sites for hydroxylation is 1. The minimum atomic E-state index is -0.661. The first-order chi connectivity index (χ1) is 17.0. The summed E-state index contributed by atoms with van der Waals surface area (Å²) in [5, 5.41) is 1.04. The van der Waals surface area contributed by atoms with E-state index in [1.54, 1.807) is 12.0 Å². The highest BCUT2D eigenvalue weighted by molar-refractivity contribution is 6.00.